The van der Waals surface area contributed by atoms with E-state index >= 15 is 0 Å². The molecule has 6 heteroatoms. The van der Waals surface area contributed by atoms with Gasteiger partial charge in [0.25, 0.3) is 0 Å². The predicted octanol–water partition coefficient (Wildman–Crippen LogP) is 0.730. The Morgan fingerprint density at radius 2 is 1.84 bits per heavy atom. The molecule has 0 fully saturated rings. The van der Waals surface area contributed by atoms with Crippen molar-refractivity contribution < 1.29 is 24.2 Å². The van der Waals surface area contributed by atoms with Crippen LogP contribution in [0.2, 0.25) is 0 Å². The third-order valence-corrected chi connectivity index (χ3v) is 2.22. The minimum absolute atomic E-state index is 0.240. The van der Waals surface area contributed by atoms with Crippen molar-refractivity contribution in [2.75, 3.05) is 7.11 Å². The summed E-state index contributed by atoms with van der Waals surface area (Å²) in [7, 11) is 1.30. The molecule has 0 aliphatic carbocycles. The Kier molecular flexibility index (Phi) is 5.28. The van der Waals surface area contributed by atoms with Crippen molar-refractivity contribution in [2.24, 2.45) is 0 Å². The Morgan fingerprint density at radius 1 is 1.21 bits per heavy atom. The first-order chi connectivity index (χ1) is 9.02. The van der Waals surface area contributed by atoms with Crippen LogP contribution in [0, 0.1) is 0 Å². The van der Waals surface area contributed by atoms with E-state index in [-0.39, 0.29) is 6.54 Å². The summed E-state index contributed by atoms with van der Waals surface area (Å²) >= 11 is 0. The second kappa shape index (κ2) is 6.95. The number of nitrogens with one attached hydrogen (secondary N) is 1. The maximum Gasteiger partial charge on any atom is 0.337 e. The number of carbonyl (C=O) groups excluding carboxylic acids is 2. The van der Waals surface area contributed by atoms with Gasteiger partial charge in [0.15, 0.2) is 0 Å². The van der Waals surface area contributed by atoms with E-state index < -0.39 is 17.8 Å². The van der Waals surface area contributed by atoms with Gasteiger partial charge in [-0.3, -0.25) is 4.79 Å². The number of hydrogen-bond donors (Lipinski definition) is 2. The molecule has 0 unspecified atom stereocenters. The minimum atomic E-state index is -1.18. The van der Waals surface area contributed by atoms with E-state index in [0.717, 1.165) is 17.7 Å². The third-order valence-electron chi connectivity index (χ3n) is 2.22. The average Bonchev–Trinajstić information content (AvgIpc) is 2.42. The molecule has 0 radical (unpaired) electrons. The molecule has 0 bridgehead atoms. The molecule has 0 saturated heterocycles. The molecule has 0 aliphatic heterocycles. The Hall–Kier alpha value is -2.63. The lowest BCUT2D eigenvalue weighted by atomic mass is 10.1. The summed E-state index contributed by atoms with van der Waals surface area (Å²) < 4.78 is 4.56. The largest absolute Gasteiger partial charge is 0.478 e. The molecule has 1 aromatic rings. The number of hydrogen-bond acceptors (Lipinski definition) is 4. The van der Waals surface area contributed by atoms with Gasteiger partial charge >= 0.3 is 11.9 Å². The highest BCUT2D eigenvalue weighted by Gasteiger charge is 2.04. The molecular formula is C13H13NO5. The van der Waals surface area contributed by atoms with E-state index in [1.54, 1.807) is 24.3 Å². The Bertz CT molecular complexity index is 504. The van der Waals surface area contributed by atoms with Crippen molar-refractivity contribution in [3.63, 3.8) is 0 Å². The van der Waals surface area contributed by atoms with E-state index in [0.29, 0.717) is 5.56 Å². The van der Waals surface area contributed by atoms with Gasteiger partial charge in [-0.25, -0.2) is 9.59 Å². The van der Waals surface area contributed by atoms with Crippen molar-refractivity contribution in [3.8, 4) is 0 Å². The smallest absolute Gasteiger partial charge is 0.337 e. The van der Waals surface area contributed by atoms with Crippen LogP contribution in [0.25, 0.3) is 0 Å². The van der Waals surface area contributed by atoms with E-state index in [9.17, 15) is 14.4 Å². The lowest BCUT2D eigenvalue weighted by Crippen LogP contribution is -2.20. The first-order valence-electron chi connectivity index (χ1n) is 5.39. The first-order valence-corrected chi connectivity index (χ1v) is 5.39. The molecule has 0 heterocycles. The van der Waals surface area contributed by atoms with Gasteiger partial charge in [0.05, 0.1) is 12.7 Å². The monoisotopic (exact) mass is 263 g/mol. The highest BCUT2D eigenvalue weighted by Crippen LogP contribution is 2.05. The lowest BCUT2D eigenvalue weighted by Gasteiger charge is -2.04. The number of carboxylic acid groups (broad SMARTS) is 1. The lowest BCUT2D eigenvalue weighted by molar-refractivity contribution is -0.131. The molecule has 0 atom stereocenters. The molecule has 1 amide bonds. The Balaban J connectivity index is 2.52. The van der Waals surface area contributed by atoms with Crippen molar-refractivity contribution in [2.45, 2.75) is 6.54 Å². The van der Waals surface area contributed by atoms with Gasteiger partial charge in [0.1, 0.15) is 0 Å². The Morgan fingerprint density at radius 3 is 2.37 bits per heavy atom. The van der Waals surface area contributed by atoms with Crippen LogP contribution in [-0.2, 0) is 20.9 Å². The van der Waals surface area contributed by atoms with Gasteiger partial charge < -0.3 is 15.2 Å². The fraction of sp³-hybridized carbons (Fsp3) is 0.154. The number of esters is 1. The number of benzene rings is 1. The van der Waals surface area contributed by atoms with E-state index in [1.165, 1.54) is 7.11 Å². The maximum absolute atomic E-state index is 11.2. The predicted molar refractivity (Wildman–Crippen MR) is 66.4 cm³/mol. The van der Waals surface area contributed by atoms with Crippen LogP contribution >= 0.6 is 0 Å². The topological polar surface area (TPSA) is 92.7 Å². The summed E-state index contributed by atoms with van der Waals surface area (Å²) in [6.07, 6.45) is 1.70. The second-order valence-corrected chi connectivity index (χ2v) is 3.58. The van der Waals surface area contributed by atoms with Crippen LogP contribution in [-0.4, -0.2) is 30.1 Å². The van der Waals surface area contributed by atoms with Gasteiger partial charge in [-0.2, -0.15) is 0 Å². The summed E-state index contributed by atoms with van der Waals surface area (Å²) in [5, 5.41) is 10.9. The molecule has 0 spiro atoms. The molecule has 100 valence electrons. The zero-order valence-corrected chi connectivity index (χ0v) is 10.3. The molecule has 2 N–H and O–H groups in total. The normalized spacial score (nSPS) is 10.2. The van der Waals surface area contributed by atoms with Crippen molar-refractivity contribution >= 4 is 17.8 Å². The number of carboxylic acids is 1. The fourth-order valence-corrected chi connectivity index (χ4v) is 1.27. The number of ether oxygens (including phenoxy) is 1. The number of aliphatic carboxylic acids is 1. The molecule has 1 rings (SSSR count). The average molecular weight is 263 g/mol. The van der Waals surface area contributed by atoms with Gasteiger partial charge in [-0.15, -0.1) is 0 Å². The molecule has 0 saturated carbocycles. The van der Waals surface area contributed by atoms with Crippen LogP contribution in [0.3, 0.4) is 0 Å². The van der Waals surface area contributed by atoms with Crippen LogP contribution in [0.5, 0.6) is 0 Å². The van der Waals surface area contributed by atoms with Gasteiger partial charge in [0, 0.05) is 18.7 Å². The highest BCUT2D eigenvalue weighted by atomic mass is 16.5. The number of carbonyl (C=O) groups is 3. The second-order valence-electron chi connectivity index (χ2n) is 3.58. The first kappa shape index (κ1) is 14.4. The number of methoxy groups -OCH3 is 1. The quantitative estimate of drug-likeness (QED) is 0.603. The van der Waals surface area contributed by atoms with Crippen LogP contribution in [0.15, 0.2) is 36.4 Å². The van der Waals surface area contributed by atoms with E-state index in [4.69, 9.17) is 5.11 Å². The van der Waals surface area contributed by atoms with E-state index in [1.807, 2.05) is 0 Å². The number of amides is 1. The molecule has 1 aromatic carbocycles. The minimum Gasteiger partial charge on any atom is -0.478 e. The molecule has 0 aliphatic rings. The summed E-state index contributed by atoms with van der Waals surface area (Å²) in [5.74, 6) is -2.11. The standard InChI is InChI=1S/C13H13NO5/c1-19-13(18)10-4-2-9(3-5-10)8-14-11(15)6-7-12(16)17/h2-7H,8H2,1H3,(H,14,15)(H,16,17). The molecule has 0 aromatic heterocycles. The van der Waals surface area contributed by atoms with Crippen molar-refractivity contribution in [1.29, 1.82) is 0 Å². The fourth-order valence-electron chi connectivity index (χ4n) is 1.27. The zero-order valence-electron chi connectivity index (χ0n) is 10.3. The van der Waals surface area contributed by atoms with E-state index in [2.05, 4.69) is 10.1 Å². The third kappa shape index (κ3) is 5.03. The summed E-state index contributed by atoms with van der Waals surface area (Å²) in [6, 6.07) is 6.52. The summed E-state index contributed by atoms with van der Waals surface area (Å²) in [6.45, 7) is 0.240. The zero-order chi connectivity index (χ0) is 14.3. The van der Waals surface area contributed by atoms with Gasteiger partial charge in [-0.1, -0.05) is 12.1 Å². The summed E-state index contributed by atoms with van der Waals surface area (Å²) in [4.78, 5) is 32.6. The maximum atomic E-state index is 11.2. The van der Waals surface area contributed by atoms with Crippen molar-refractivity contribution in [1.82, 2.24) is 5.32 Å². The SMILES string of the molecule is COC(=O)c1ccc(CNC(=O)C=CC(=O)O)cc1. The van der Waals surface area contributed by atoms with Gasteiger partial charge in [-0.05, 0) is 17.7 Å². The molecule has 19 heavy (non-hydrogen) atoms. The van der Waals surface area contributed by atoms with Crippen LogP contribution in [0.1, 0.15) is 15.9 Å². The summed E-state index contributed by atoms with van der Waals surface area (Å²) in [5.41, 5.74) is 1.20. The Labute approximate surface area is 109 Å². The van der Waals surface area contributed by atoms with Gasteiger partial charge in [0.2, 0.25) is 5.91 Å². The van der Waals surface area contributed by atoms with Crippen LogP contribution < -0.4 is 5.32 Å². The number of rotatable bonds is 5. The molecular weight excluding hydrogens is 250 g/mol. The molecule has 6 nitrogen and oxygen atoms in total. The van der Waals surface area contributed by atoms with Crippen molar-refractivity contribution in [3.05, 3.63) is 47.5 Å². The van der Waals surface area contributed by atoms with Crippen LogP contribution in [0.4, 0.5) is 0 Å². The highest BCUT2D eigenvalue weighted by molar-refractivity contribution is 5.93.